The molecule has 0 amide bonds. The third kappa shape index (κ3) is 3.08. The summed E-state index contributed by atoms with van der Waals surface area (Å²) < 4.78 is 1.78. The lowest BCUT2D eigenvalue weighted by atomic mass is 10.2. The minimum atomic E-state index is 0.495. The van der Waals surface area contributed by atoms with Crippen molar-refractivity contribution in [2.24, 2.45) is 0 Å². The number of anilines is 1. The highest BCUT2D eigenvalue weighted by atomic mass is 32.2. The molecule has 0 bridgehead atoms. The van der Waals surface area contributed by atoms with Crippen LogP contribution in [0.1, 0.15) is 10.7 Å². The molecule has 0 saturated heterocycles. The van der Waals surface area contributed by atoms with Crippen LogP contribution in [0.3, 0.4) is 0 Å². The minimum absolute atomic E-state index is 0.495. The third-order valence-corrected chi connectivity index (χ3v) is 5.21. The van der Waals surface area contributed by atoms with Crippen LogP contribution in [0.25, 0.3) is 10.9 Å². The summed E-state index contributed by atoms with van der Waals surface area (Å²) in [5.41, 5.74) is 6.87. The number of hydrogen-bond donors (Lipinski definition) is 1. The van der Waals surface area contributed by atoms with Gasteiger partial charge in [-0.15, -0.1) is 16.4 Å². The van der Waals surface area contributed by atoms with Gasteiger partial charge in [0, 0.05) is 10.3 Å². The summed E-state index contributed by atoms with van der Waals surface area (Å²) in [7, 11) is 0. The number of nitrogens with two attached hydrogens (primary N) is 1. The first-order chi connectivity index (χ1) is 11.8. The molecule has 7 nitrogen and oxygen atoms in total. The molecule has 4 rings (SSSR count). The van der Waals surface area contributed by atoms with Gasteiger partial charge in [-0.25, -0.2) is 14.6 Å². The Morgan fingerprint density at radius 3 is 2.92 bits per heavy atom. The molecule has 9 heteroatoms. The molecule has 0 atom stereocenters. The van der Waals surface area contributed by atoms with Gasteiger partial charge in [-0.05, 0) is 34.0 Å². The molecule has 0 aliphatic carbocycles. The Morgan fingerprint density at radius 2 is 2.04 bits per heavy atom. The van der Waals surface area contributed by atoms with Crippen molar-refractivity contribution in [1.82, 2.24) is 30.2 Å². The Labute approximate surface area is 145 Å². The first kappa shape index (κ1) is 15.0. The van der Waals surface area contributed by atoms with Crippen molar-refractivity contribution in [3.63, 3.8) is 0 Å². The average Bonchev–Trinajstić information content (AvgIpc) is 3.25. The van der Waals surface area contributed by atoms with E-state index in [2.05, 4.69) is 31.6 Å². The minimum Gasteiger partial charge on any atom is -0.383 e. The molecule has 2 N–H and O–H groups in total. The van der Waals surface area contributed by atoms with E-state index in [1.165, 1.54) is 16.6 Å². The van der Waals surface area contributed by atoms with Crippen LogP contribution in [0.4, 0.5) is 5.82 Å². The van der Waals surface area contributed by atoms with E-state index in [9.17, 15) is 0 Å². The number of aromatic nitrogens is 6. The van der Waals surface area contributed by atoms with Gasteiger partial charge in [-0.1, -0.05) is 30.0 Å². The second-order valence-electron chi connectivity index (χ2n) is 5.03. The topological polar surface area (TPSA) is 95.4 Å². The van der Waals surface area contributed by atoms with Gasteiger partial charge in [-0.2, -0.15) is 0 Å². The van der Waals surface area contributed by atoms with E-state index in [1.54, 1.807) is 16.0 Å². The maximum atomic E-state index is 6.02. The fraction of sp³-hybridized carbons (Fsp3) is 0.133. The third-order valence-electron chi connectivity index (χ3n) is 3.39. The van der Waals surface area contributed by atoms with E-state index in [4.69, 9.17) is 5.73 Å². The van der Waals surface area contributed by atoms with Gasteiger partial charge in [-0.3, -0.25) is 0 Å². The van der Waals surface area contributed by atoms with Crippen LogP contribution >= 0.6 is 23.1 Å². The number of thiophene rings is 1. The largest absolute Gasteiger partial charge is 0.383 e. The molecular formula is C15H13N7S2. The van der Waals surface area contributed by atoms with E-state index in [1.807, 2.05) is 35.7 Å². The molecule has 0 saturated carbocycles. The van der Waals surface area contributed by atoms with Crippen molar-refractivity contribution >= 4 is 39.8 Å². The number of nitrogens with zero attached hydrogens (tertiary/aromatic N) is 6. The van der Waals surface area contributed by atoms with Gasteiger partial charge in [0.25, 0.3) is 0 Å². The quantitative estimate of drug-likeness (QED) is 0.550. The predicted octanol–water partition coefficient (Wildman–Crippen LogP) is 2.60. The Kier molecular flexibility index (Phi) is 4.09. The van der Waals surface area contributed by atoms with Gasteiger partial charge in [0.2, 0.25) is 5.16 Å². The van der Waals surface area contributed by atoms with Gasteiger partial charge < -0.3 is 5.73 Å². The van der Waals surface area contributed by atoms with Crippen molar-refractivity contribution in [3.8, 4) is 0 Å². The van der Waals surface area contributed by atoms with Crippen molar-refractivity contribution in [2.45, 2.75) is 17.5 Å². The summed E-state index contributed by atoms with van der Waals surface area (Å²) in [5, 5.41) is 15.5. The Morgan fingerprint density at radius 1 is 1.12 bits per heavy atom. The number of tetrazole rings is 1. The number of nitrogen functional groups attached to an aromatic ring is 1. The number of rotatable bonds is 5. The molecule has 0 unspecified atom stereocenters. The molecule has 120 valence electrons. The van der Waals surface area contributed by atoms with Crippen LogP contribution in [-0.2, 0) is 12.3 Å². The summed E-state index contributed by atoms with van der Waals surface area (Å²) in [5.74, 6) is 1.72. The highest BCUT2D eigenvalue weighted by molar-refractivity contribution is 7.98. The summed E-state index contributed by atoms with van der Waals surface area (Å²) in [6.45, 7) is 0.660. The van der Waals surface area contributed by atoms with Crippen LogP contribution < -0.4 is 5.73 Å². The number of benzene rings is 1. The molecule has 0 radical (unpaired) electrons. The van der Waals surface area contributed by atoms with Crippen LogP contribution in [0.5, 0.6) is 0 Å². The normalized spacial score (nSPS) is 11.2. The van der Waals surface area contributed by atoms with Gasteiger partial charge in [0.1, 0.15) is 11.6 Å². The maximum absolute atomic E-state index is 6.02. The first-order valence-corrected chi connectivity index (χ1v) is 9.08. The Hall–Kier alpha value is -2.52. The number of fused-ring (bicyclic) bond motifs is 1. The highest BCUT2D eigenvalue weighted by Gasteiger charge is 2.11. The Balaban J connectivity index is 1.52. The smallest absolute Gasteiger partial charge is 0.210 e. The summed E-state index contributed by atoms with van der Waals surface area (Å²) in [6, 6.07) is 11.8. The molecule has 0 spiro atoms. The van der Waals surface area contributed by atoms with Crippen LogP contribution in [-0.4, -0.2) is 30.2 Å². The van der Waals surface area contributed by atoms with Gasteiger partial charge in [0.15, 0.2) is 0 Å². The molecule has 4 aromatic rings. The fourth-order valence-corrected chi connectivity index (χ4v) is 3.71. The van der Waals surface area contributed by atoms with Gasteiger partial charge in [0.05, 0.1) is 17.8 Å². The van der Waals surface area contributed by atoms with E-state index in [0.29, 0.717) is 23.9 Å². The molecule has 1 aromatic carbocycles. The average molecular weight is 355 g/mol. The van der Waals surface area contributed by atoms with Crippen LogP contribution in [0.2, 0.25) is 0 Å². The van der Waals surface area contributed by atoms with E-state index in [-0.39, 0.29) is 0 Å². The lowest BCUT2D eigenvalue weighted by molar-refractivity contribution is 0.608. The van der Waals surface area contributed by atoms with E-state index >= 15 is 0 Å². The van der Waals surface area contributed by atoms with Crippen molar-refractivity contribution in [1.29, 1.82) is 0 Å². The molecule has 0 aliphatic heterocycles. The van der Waals surface area contributed by atoms with Crippen LogP contribution in [0, 0.1) is 0 Å². The molecule has 3 aromatic heterocycles. The van der Waals surface area contributed by atoms with Crippen molar-refractivity contribution < 1.29 is 0 Å². The highest BCUT2D eigenvalue weighted by Crippen LogP contribution is 2.23. The Bertz CT molecular complexity index is 965. The second-order valence-corrected chi connectivity index (χ2v) is 7.00. The molecule has 3 heterocycles. The standard InChI is InChI=1S/C15H13N7S2/c16-14-11-5-1-2-6-12(11)17-13(18-14)9-24-15-19-20-21-22(15)8-10-4-3-7-23-10/h1-7H,8-9H2,(H2,16,17,18). The summed E-state index contributed by atoms with van der Waals surface area (Å²) in [4.78, 5) is 10.1. The molecule has 0 fully saturated rings. The molecule has 0 aliphatic rings. The van der Waals surface area contributed by atoms with Crippen LogP contribution in [0.15, 0.2) is 46.9 Å². The lowest BCUT2D eigenvalue weighted by Gasteiger charge is -2.05. The van der Waals surface area contributed by atoms with Crippen molar-refractivity contribution in [3.05, 3.63) is 52.5 Å². The SMILES string of the molecule is Nc1nc(CSc2nnnn2Cc2cccs2)nc2ccccc12. The number of hydrogen-bond acceptors (Lipinski definition) is 8. The first-order valence-electron chi connectivity index (χ1n) is 7.22. The molecular weight excluding hydrogens is 342 g/mol. The second kappa shape index (κ2) is 6.54. The number of thioether (sulfide) groups is 1. The summed E-state index contributed by atoms with van der Waals surface area (Å²) in [6.07, 6.45) is 0. The number of para-hydroxylation sites is 1. The maximum Gasteiger partial charge on any atom is 0.210 e. The lowest BCUT2D eigenvalue weighted by Crippen LogP contribution is -2.04. The summed E-state index contributed by atoms with van der Waals surface area (Å²) >= 11 is 3.18. The monoisotopic (exact) mass is 355 g/mol. The molecule has 24 heavy (non-hydrogen) atoms. The predicted molar refractivity (Wildman–Crippen MR) is 94.7 cm³/mol. The fourth-order valence-electron chi connectivity index (χ4n) is 2.29. The van der Waals surface area contributed by atoms with E-state index in [0.717, 1.165) is 16.1 Å². The zero-order valence-corrected chi connectivity index (χ0v) is 14.2. The zero-order chi connectivity index (χ0) is 16.4. The van der Waals surface area contributed by atoms with Gasteiger partial charge >= 0.3 is 0 Å². The van der Waals surface area contributed by atoms with E-state index < -0.39 is 0 Å². The van der Waals surface area contributed by atoms with Crippen molar-refractivity contribution in [2.75, 3.05) is 5.73 Å². The zero-order valence-electron chi connectivity index (χ0n) is 12.5.